The average Bonchev–Trinajstić information content (AvgIpc) is 0.814. The van der Waals surface area contributed by atoms with E-state index in [-0.39, 0.29) is 136 Å². The Balaban J connectivity index is 0.000000362. The van der Waals surface area contributed by atoms with E-state index in [1.807, 2.05) is 304 Å². The molecule has 0 spiro atoms. The van der Waals surface area contributed by atoms with E-state index >= 15 is 0 Å². The number of phenols is 1. The molecule has 6 aromatic heterocycles. The number of hydrogen-bond donors (Lipinski definition) is 4. The Hall–Kier alpha value is -12.0. The Bertz CT molecular complexity index is 5600. The number of phenolic OH excluding ortho intramolecular Hbond substituents is 1. The first-order valence-electron chi connectivity index (χ1n) is 37.2. The first-order chi connectivity index (χ1) is 56.9. The summed E-state index contributed by atoms with van der Waals surface area (Å²) in [6.07, 6.45) is 14.3. The van der Waals surface area contributed by atoms with Crippen molar-refractivity contribution < 1.29 is 136 Å². The van der Waals surface area contributed by atoms with E-state index in [1.165, 1.54) is 76.1 Å². The molecule has 0 bridgehead atoms. The van der Waals surface area contributed by atoms with Crippen molar-refractivity contribution in [2.24, 2.45) is 0 Å². The molecule has 0 fully saturated rings. The molecule has 0 aliphatic heterocycles. The second kappa shape index (κ2) is 58.8. The van der Waals surface area contributed by atoms with E-state index in [0.717, 1.165) is 101 Å². The molecule has 19 heteroatoms. The van der Waals surface area contributed by atoms with Crippen LogP contribution in [0.25, 0.3) is 112 Å². The largest absolute Gasteiger partial charge is 0.512 e. The summed E-state index contributed by atoms with van der Waals surface area (Å²) in [6, 6.07) is 123. The van der Waals surface area contributed by atoms with Gasteiger partial charge in [0.15, 0.2) is 17.3 Å². The molecule has 16 rings (SSSR count). The van der Waals surface area contributed by atoms with Crippen LogP contribution >= 0.6 is 0 Å². The topological polar surface area (TPSA) is 222 Å². The summed E-state index contributed by atoms with van der Waals surface area (Å²) < 4.78 is 0. The summed E-state index contributed by atoms with van der Waals surface area (Å²) in [5.41, 5.74) is 18.7. The van der Waals surface area contributed by atoms with Crippen molar-refractivity contribution in [1.29, 1.82) is 0 Å². The van der Waals surface area contributed by atoms with E-state index in [2.05, 4.69) is 92.5 Å². The van der Waals surface area contributed by atoms with Crippen molar-refractivity contribution >= 4 is 28.1 Å². The number of ketones is 3. The van der Waals surface area contributed by atoms with Crippen molar-refractivity contribution in [3.05, 3.63) is 436 Å². The Morgan fingerprint density at radius 1 is 0.311 bits per heavy atom. The predicted octanol–water partition coefficient (Wildman–Crippen LogP) is 24.2. The van der Waals surface area contributed by atoms with Crippen LogP contribution in [-0.4, -0.2) is 72.7 Å². The molecule has 122 heavy (non-hydrogen) atoms. The van der Waals surface area contributed by atoms with Crippen LogP contribution in [0.2, 0.25) is 0 Å². The Kier molecular flexibility index (Phi) is 50.3. The quantitative estimate of drug-likeness (QED) is 0.0508. The third kappa shape index (κ3) is 37.7. The van der Waals surface area contributed by atoms with E-state index in [9.17, 15) is 19.5 Å². The fraction of sp³-hybridized carbons (Fsp3) is 0.0680. The molecule has 4 N–H and O–H groups in total. The molecule has 0 atom stereocenters. The Morgan fingerprint density at radius 3 is 1.11 bits per heavy atom. The van der Waals surface area contributed by atoms with Crippen LogP contribution in [0, 0.1) is 37.3 Å². The van der Waals surface area contributed by atoms with Gasteiger partial charge in [0, 0.05) is 185 Å². The number of carbonyl (C=O) groups excluding carboxylic acids is 3. The van der Waals surface area contributed by atoms with Crippen LogP contribution in [0.4, 0.5) is 0 Å². The van der Waals surface area contributed by atoms with Crippen LogP contribution in [-0.2, 0) is 116 Å². The number of aryl methyl sites for hydroxylation is 1. The summed E-state index contributed by atoms with van der Waals surface area (Å²) >= 11 is 0. The molecule has 6 heterocycles. The number of hydrogen-bond acceptors (Lipinski definition) is 14. The number of aromatic hydroxyl groups is 1. The molecule has 14 nitrogen and oxygen atoms in total. The number of aliphatic hydroxyl groups is 3. The molecule has 10 aromatic carbocycles. The van der Waals surface area contributed by atoms with Crippen molar-refractivity contribution in [1.82, 2.24) is 34.9 Å². The van der Waals surface area contributed by atoms with Gasteiger partial charge >= 0.3 is 0 Å². The summed E-state index contributed by atoms with van der Waals surface area (Å²) in [7, 11) is 0. The van der Waals surface area contributed by atoms with Gasteiger partial charge in [-0.25, -0.2) is 0 Å². The van der Waals surface area contributed by atoms with Gasteiger partial charge in [-0.05, 0) is 117 Å². The van der Waals surface area contributed by atoms with Gasteiger partial charge in [0.05, 0.1) is 28.7 Å². The van der Waals surface area contributed by atoms with E-state index < -0.39 is 0 Å². The molecule has 0 amide bonds. The molecular formula is C103H88Ir4N7O7Pt-5. The maximum atomic E-state index is 10.0. The maximum Gasteiger partial charge on any atom is 0.155 e. The number of fused-ring (bicyclic) bond motifs is 1. The van der Waals surface area contributed by atoms with Gasteiger partial charge < -0.3 is 40.4 Å². The van der Waals surface area contributed by atoms with Gasteiger partial charge in [-0.1, -0.05) is 200 Å². The first-order valence-corrected chi connectivity index (χ1v) is 37.2. The van der Waals surface area contributed by atoms with Gasteiger partial charge in [-0.2, -0.15) is 0 Å². The summed E-state index contributed by atoms with van der Waals surface area (Å²) in [4.78, 5) is 61.3. The minimum absolute atomic E-state index is 0. The zero-order valence-electron chi connectivity index (χ0n) is 67.7. The molecule has 628 valence electrons. The van der Waals surface area contributed by atoms with Crippen molar-refractivity contribution in [2.45, 2.75) is 48.5 Å². The molecule has 0 aliphatic rings. The Labute approximate surface area is 783 Å². The van der Waals surface area contributed by atoms with Crippen LogP contribution < -0.4 is 0 Å². The fourth-order valence-electron chi connectivity index (χ4n) is 10.9. The second-order valence-corrected chi connectivity index (χ2v) is 25.6. The number of para-hydroxylation sites is 1. The number of allylic oxidation sites excluding steroid dienone is 6. The van der Waals surface area contributed by atoms with E-state index in [0.29, 0.717) is 5.75 Å². The van der Waals surface area contributed by atoms with Gasteiger partial charge in [0.2, 0.25) is 0 Å². The van der Waals surface area contributed by atoms with Crippen LogP contribution in [0.3, 0.4) is 0 Å². The van der Waals surface area contributed by atoms with Crippen LogP contribution in [0.1, 0.15) is 47.1 Å². The summed E-state index contributed by atoms with van der Waals surface area (Å²) in [5.74, 6) is 0.140. The average molecular weight is 2500 g/mol. The molecular weight excluding hydrogens is 2410 g/mol. The van der Waals surface area contributed by atoms with Crippen molar-refractivity contribution in [3.8, 4) is 107 Å². The zero-order chi connectivity index (χ0) is 83.2. The van der Waals surface area contributed by atoms with Crippen molar-refractivity contribution in [2.75, 3.05) is 0 Å². The molecule has 16 aromatic rings. The predicted molar refractivity (Wildman–Crippen MR) is 471 cm³/mol. The monoisotopic (exact) mass is 2500 g/mol. The minimum Gasteiger partial charge on any atom is -0.512 e. The first kappa shape index (κ1) is 104. The smallest absolute Gasteiger partial charge is 0.155 e. The summed E-state index contributed by atoms with van der Waals surface area (Å²) in [6.45, 7) is 10.6. The number of benzene rings is 10. The van der Waals surface area contributed by atoms with Gasteiger partial charge in [0.1, 0.15) is 5.75 Å². The number of rotatable bonds is 12. The zero-order valence-corrected chi connectivity index (χ0v) is 79.5. The number of nitrogens with zero attached hydrogens (tertiary/aromatic N) is 7. The van der Waals surface area contributed by atoms with E-state index in [1.54, 1.807) is 30.9 Å². The van der Waals surface area contributed by atoms with Crippen LogP contribution in [0.5, 0.6) is 5.75 Å². The van der Waals surface area contributed by atoms with Gasteiger partial charge in [-0.15, -0.1) is 167 Å². The number of aliphatic hydroxyl groups excluding tert-OH is 3. The minimum atomic E-state index is -0.125. The van der Waals surface area contributed by atoms with Crippen LogP contribution in [0.15, 0.2) is 400 Å². The SMILES string of the molecule is CC(=O)C=C(C)O.CC(=O)C=C(C)O.CC(=O)C=C(C)O.Cc1cc[c-]c(-c2ccccn2)c1.Oc1ccccc1-c1ccccc1.[Ir].[Ir].[Ir].[Ir].[Pt].[c-]1c(-c2ccccn2)cccc1-c1ccccn1.[c-]1ccccc1-c1ccccn1.[c-]1ccccc1-c1ncc(-c2ccccc2)nc1-c1ccccc1.[c-]1ccccc1-c1nccc2ccccc12. The standard InChI is InChI=1S/C22H15N2.C16H11N2.C15H10N.C12H10N.C12H10O.C11H8N.3C5H8O2.4Ir.Pt/c1-4-10-17(11-5-1)20-16-23-21(18-12-6-2-7-13-18)22(24-20)19-14-8-3-9-15-19;1-3-10-17-15(8-1)13-6-5-7-14(12-13)16-9-2-4-11-18-16;1-2-7-13(8-3-1)15-14-9-5-4-6-12(14)10-11-16-15;1-10-5-4-6-11(9-10)12-7-2-3-8-13-12;13-12-9-5-4-8-11(12)10-6-2-1-3-7-10;1-2-6-10(7-3-1)11-8-4-5-9-12-11;3*1-4(6)3-5(2)7;;;;;/h1-12,14-16H;1-11H;1-7,9-11H;2-5,7-9H,1H3;1-9,13H;1-6,8-9H;3*3,6H,1-2H3;;;;;/q4*-1;;-1;;;;;;;;. The van der Waals surface area contributed by atoms with E-state index in [4.69, 9.17) is 25.3 Å². The second-order valence-electron chi connectivity index (χ2n) is 25.6. The maximum absolute atomic E-state index is 10.0. The molecule has 4 radical (unpaired) electrons. The third-order valence-electron chi connectivity index (χ3n) is 15.9. The number of carbonyl (C=O) groups is 3. The molecule has 0 saturated carbocycles. The number of pyridine rings is 5. The third-order valence-corrected chi connectivity index (χ3v) is 15.9. The Morgan fingerprint density at radius 2 is 0.689 bits per heavy atom. The fourth-order valence-corrected chi connectivity index (χ4v) is 10.9. The molecule has 0 unspecified atom stereocenters. The number of aromatic nitrogens is 7. The van der Waals surface area contributed by atoms with Gasteiger partial charge in [-0.3, -0.25) is 29.3 Å². The molecule has 0 aliphatic carbocycles. The van der Waals surface area contributed by atoms with Gasteiger partial charge in [0.25, 0.3) is 0 Å². The summed E-state index contributed by atoms with van der Waals surface area (Å²) in [5, 5.41) is 37.0. The normalized spacial score (nSPS) is 9.98. The van der Waals surface area contributed by atoms with Crippen molar-refractivity contribution in [3.63, 3.8) is 0 Å². The molecule has 0 saturated heterocycles.